The molecule has 0 radical (unpaired) electrons. The van der Waals surface area contributed by atoms with Crippen LogP contribution in [-0.4, -0.2) is 56.4 Å². The quantitative estimate of drug-likeness (QED) is 0.495. The van der Waals surface area contributed by atoms with Crippen LogP contribution in [0.25, 0.3) is 0 Å². The summed E-state index contributed by atoms with van der Waals surface area (Å²) in [4.78, 5) is 9.16. The van der Waals surface area contributed by atoms with Gasteiger partial charge in [-0.1, -0.05) is 0 Å². The minimum absolute atomic E-state index is 0.375. The van der Waals surface area contributed by atoms with Crippen LogP contribution < -0.4 is 0 Å². The van der Waals surface area contributed by atoms with Crippen molar-refractivity contribution in [3.8, 4) is 0 Å². The van der Waals surface area contributed by atoms with Gasteiger partial charge in [-0.2, -0.15) is 0 Å². The molecule has 0 aromatic heterocycles. The van der Waals surface area contributed by atoms with Crippen LogP contribution in [0.5, 0.6) is 0 Å². The molecule has 1 saturated heterocycles. The first kappa shape index (κ1) is 13.9. The van der Waals surface area contributed by atoms with Gasteiger partial charge in [-0.15, -0.1) is 0 Å². The Hall–Kier alpha value is -0.165. The van der Waals surface area contributed by atoms with Gasteiger partial charge in [0, 0.05) is 20.0 Å². The zero-order valence-corrected chi connectivity index (χ0v) is 10.3. The second-order valence-corrected chi connectivity index (χ2v) is 5.38. The minimum atomic E-state index is -3.70. The fourth-order valence-corrected chi connectivity index (χ4v) is 2.06. The van der Waals surface area contributed by atoms with Gasteiger partial charge in [0.2, 0.25) is 0 Å². The number of aliphatic hydroxyl groups is 1. The molecule has 0 saturated carbocycles. The lowest BCUT2D eigenvalue weighted by Crippen LogP contribution is -2.33. The molecule has 1 rings (SSSR count). The predicted molar refractivity (Wildman–Crippen MR) is 60.0 cm³/mol. The van der Waals surface area contributed by atoms with E-state index in [1.807, 2.05) is 0 Å². The standard InChI is InChI=1S/C8H16BO6P/c1-13-7-5(15-8(9)6(7)10)3-4-16(11,12)14-2/h3-8,10H,9H2,1-2H3,(H,11,12)/b4-3+/t5-,6+,7?,8-/m1/s1. The molecule has 5 atom stereocenters. The van der Waals surface area contributed by atoms with Crippen molar-refractivity contribution >= 4 is 15.4 Å². The van der Waals surface area contributed by atoms with E-state index in [4.69, 9.17) is 14.4 Å². The average molecular weight is 250 g/mol. The highest BCUT2D eigenvalue weighted by atomic mass is 31.2. The lowest BCUT2D eigenvalue weighted by Gasteiger charge is -2.16. The summed E-state index contributed by atoms with van der Waals surface area (Å²) in [6.07, 6.45) is -0.459. The van der Waals surface area contributed by atoms with Crippen molar-refractivity contribution in [2.24, 2.45) is 0 Å². The van der Waals surface area contributed by atoms with Gasteiger partial charge in [0.1, 0.15) is 26.2 Å². The van der Waals surface area contributed by atoms with Crippen molar-refractivity contribution in [1.29, 1.82) is 0 Å². The highest BCUT2D eigenvalue weighted by Gasteiger charge is 2.40. The Kier molecular flexibility index (Phi) is 4.73. The maximum absolute atomic E-state index is 11.2. The molecule has 2 N–H and O–H groups in total. The Balaban J connectivity index is 2.71. The highest BCUT2D eigenvalue weighted by Crippen LogP contribution is 2.42. The number of hydrogen-bond acceptors (Lipinski definition) is 5. The van der Waals surface area contributed by atoms with E-state index in [2.05, 4.69) is 4.52 Å². The van der Waals surface area contributed by atoms with Gasteiger partial charge in [0.15, 0.2) is 0 Å². The topological polar surface area (TPSA) is 85.2 Å². The van der Waals surface area contributed by atoms with Gasteiger partial charge in [0.25, 0.3) is 0 Å². The molecule has 16 heavy (non-hydrogen) atoms. The summed E-state index contributed by atoms with van der Waals surface area (Å²) in [5.74, 6) is 1.04. The molecule has 6 nitrogen and oxygen atoms in total. The summed E-state index contributed by atoms with van der Waals surface area (Å²) in [5.41, 5.74) is 0. The molecular weight excluding hydrogens is 234 g/mol. The zero-order valence-electron chi connectivity index (χ0n) is 9.44. The van der Waals surface area contributed by atoms with Crippen LogP contribution >= 0.6 is 7.60 Å². The van der Waals surface area contributed by atoms with Gasteiger partial charge in [-0.3, -0.25) is 4.57 Å². The average Bonchev–Trinajstić information content (AvgIpc) is 2.52. The maximum atomic E-state index is 11.2. The summed E-state index contributed by atoms with van der Waals surface area (Å²) < 4.78 is 26.0. The Morgan fingerprint density at radius 3 is 2.62 bits per heavy atom. The van der Waals surface area contributed by atoms with Crippen molar-refractivity contribution in [3.05, 3.63) is 11.9 Å². The van der Waals surface area contributed by atoms with Crippen molar-refractivity contribution in [2.45, 2.75) is 24.3 Å². The lowest BCUT2D eigenvalue weighted by atomic mass is 9.93. The van der Waals surface area contributed by atoms with Crippen LogP contribution in [0.1, 0.15) is 0 Å². The molecule has 1 aliphatic heterocycles. The third-order valence-corrected chi connectivity index (χ3v) is 3.58. The van der Waals surface area contributed by atoms with E-state index in [-0.39, 0.29) is 6.00 Å². The zero-order chi connectivity index (χ0) is 12.3. The molecule has 0 bridgehead atoms. The molecule has 1 fully saturated rings. The molecule has 2 unspecified atom stereocenters. The monoisotopic (exact) mass is 250 g/mol. The summed E-state index contributed by atoms with van der Waals surface area (Å²) in [5, 5.41) is 9.67. The number of rotatable bonds is 4. The largest absolute Gasteiger partial charge is 0.388 e. The van der Waals surface area contributed by atoms with E-state index in [0.717, 1.165) is 12.9 Å². The molecule has 92 valence electrons. The Labute approximate surface area is 95.1 Å². The summed E-state index contributed by atoms with van der Waals surface area (Å²) in [7, 11) is 0.602. The van der Waals surface area contributed by atoms with E-state index >= 15 is 0 Å². The van der Waals surface area contributed by atoms with Gasteiger partial charge < -0.3 is 24.0 Å². The van der Waals surface area contributed by atoms with Crippen LogP contribution in [0, 0.1) is 0 Å². The van der Waals surface area contributed by atoms with E-state index < -0.39 is 25.9 Å². The van der Waals surface area contributed by atoms with Crippen molar-refractivity contribution in [2.75, 3.05) is 14.2 Å². The fourth-order valence-electron chi connectivity index (χ4n) is 1.55. The molecule has 1 heterocycles. The smallest absolute Gasteiger partial charge is 0.351 e. The first-order chi connectivity index (χ1) is 7.41. The Bertz CT molecular complexity index is 309. The number of hydrogen-bond donors (Lipinski definition) is 2. The summed E-state index contributed by atoms with van der Waals surface area (Å²) in [6, 6.07) is -0.375. The van der Waals surface area contributed by atoms with Crippen molar-refractivity contribution in [3.63, 3.8) is 0 Å². The summed E-state index contributed by atoms with van der Waals surface area (Å²) in [6.45, 7) is 0. The third-order valence-electron chi connectivity index (χ3n) is 2.51. The van der Waals surface area contributed by atoms with Crippen LogP contribution in [0.3, 0.4) is 0 Å². The third kappa shape index (κ3) is 3.16. The molecule has 0 aliphatic carbocycles. The lowest BCUT2D eigenvalue weighted by molar-refractivity contribution is 0.00446. The van der Waals surface area contributed by atoms with Gasteiger partial charge >= 0.3 is 7.60 Å². The van der Waals surface area contributed by atoms with Crippen LogP contribution in [0.2, 0.25) is 0 Å². The Morgan fingerprint density at radius 1 is 1.50 bits per heavy atom. The first-order valence-electron chi connectivity index (χ1n) is 4.85. The van der Waals surface area contributed by atoms with Gasteiger partial charge in [-0.25, -0.2) is 0 Å². The molecule has 0 spiro atoms. The molecule has 1 aliphatic rings. The van der Waals surface area contributed by atoms with Crippen LogP contribution in [0.4, 0.5) is 0 Å². The van der Waals surface area contributed by atoms with E-state index in [0.29, 0.717) is 0 Å². The molecular formula is C8H16BO6P. The fraction of sp³-hybridized carbons (Fsp3) is 0.750. The number of methoxy groups -OCH3 is 1. The molecule has 0 amide bonds. The van der Waals surface area contributed by atoms with Crippen molar-refractivity contribution < 1.29 is 28.6 Å². The SMILES string of the molecule is B[C@@H]1O[C@H](/C=C/P(=O)(O)OC)C(OC)[C@@H]1O. The van der Waals surface area contributed by atoms with Crippen LogP contribution in [0.15, 0.2) is 11.9 Å². The molecule has 8 heteroatoms. The normalized spacial score (nSPS) is 39.0. The maximum Gasteiger partial charge on any atom is 0.351 e. The van der Waals surface area contributed by atoms with E-state index in [9.17, 15) is 9.67 Å². The van der Waals surface area contributed by atoms with Gasteiger partial charge in [0.05, 0.1) is 6.00 Å². The highest BCUT2D eigenvalue weighted by molar-refractivity contribution is 7.56. The van der Waals surface area contributed by atoms with Crippen LogP contribution in [-0.2, 0) is 18.6 Å². The predicted octanol–water partition coefficient (Wildman–Crippen LogP) is -0.934. The van der Waals surface area contributed by atoms with Crippen molar-refractivity contribution in [1.82, 2.24) is 0 Å². The second-order valence-electron chi connectivity index (χ2n) is 3.58. The molecule has 0 aromatic carbocycles. The Morgan fingerprint density at radius 2 is 2.12 bits per heavy atom. The summed E-state index contributed by atoms with van der Waals surface area (Å²) >= 11 is 0. The minimum Gasteiger partial charge on any atom is -0.388 e. The first-order valence-corrected chi connectivity index (χ1v) is 6.50. The molecule has 0 aromatic rings. The number of aliphatic hydroxyl groups excluding tert-OH is 1. The van der Waals surface area contributed by atoms with E-state index in [1.165, 1.54) is 13.2 Å². The second kappa shape index (κ2) is 5.45. The van der Waals surface area contributed by atoms with Gasteiger partial charge in [-0.05, 0) is 6.08 Å². The van der Waals surface area contributed by atoms with E-state index in [1.54, 1.807) is 7.85 Å². The number of ether oxygens (including phenoxy) is 2.